The number of benzene rings is 1. The van der Waals surface area contributed by atoms with Crippen molar-refractivity contribution in [1.29, 1.82) is 0 Å². The maximum Gasteiger partial charge on any atom is 3.00 e. The Hall–Kier alpha value is -0.674. The van der Waals surface area contributed by atoms with Crippen molar-refractivity contribution >= 4 is 21.8 Å². The van der Waals surface area contributed by atoms with E-state index in [1.54, 1.807) is 12.4 Å². The number of hydrogen-bond acceptors (Lipinski definition) is 2. The first-order valence-corrected chi connectivity index (χ1v) is 4.53. The molecule has 3 heteroatoms. The molecule has 2 heterocycles. The van der Waals surface area contributed by atoms with E-state index in [-0.39, 0.29) is 38.6 Å². The Labute approximate surface area is 118 Å². The van der Waals surface area contributed by atoms with E-state index < -0.39 is 0 Å². The Morgan fingerprint density at radius 1 is 0.667 bits per heavy atom. The maximum absolute atomic E-state index is 4.35. The van der Waals surface area contributed by atoms with Gasteiger partial charge in [-0.3, -0.25) is 9.97 Å². The molecular formula is C12H8N2Tb+3. The van der Waals surface area contributed by atoms with Crippen LogP contribution in [0.25, 0.3) is 21.8 Å². The van der Waals surface area contributed by atoms with E-state index in [9.17, 15) is 0 Å². The molecule has 0 radical (unpaired) electrons. The third kappa shape index (κ3) is 1.86. The summed E-state index contributed by atoms with van der Waals surface area (Å²) < 4.78 is 0. The summed E-state index contributed by atoms with van der Waals surface area (Å²) in [5.74, 6) is 0. The number of rotatable bonds is 0. The largest absolute Gasteiger partial charge is 3.00 e. The summed E-state index contributed by atoms with van der Waals surface area (Å²) in [6.45, 7) is 0. The molecule has 0 N–H and O–H groups in total. The second-order valence-corrected chi connectivity index (χ2v) is 3.22. The van der Waals surface area contributed by atoms with Gasteiger partial charge < -0.3 is 0 Å². The van der Waals surface area contributed by atoms with Gasteiger partial charge in [0.05, 0.1) is 11.0 Å². The van der Waals surface area contributed by atoms with Crippen LogP contribution in [-0.4, -0.2) is 9.97 Å². The molecular weight excluding hydrogens is 331 g/mol. The normalized spacial score (nSPS) is 10.1. The van der Waals surface area contributed by atoms with E-state index in [4.69, 9.17) is 0 Å². The minimum atomic E-state index is 0. The van der Waals surface area contributed by atoms with E-state index in [0.29, 0.717) is 0 Å². The van der Waals surface area contributed by atoms with Gasteiger partial charge in [0, 0.05) is 23.2 Å². The number of hydrogen-bond donors (Lipinski definition) is 0. The Balaban J connectivity index is 0.000000853. The van der Waals surface area contributed by atoms with E-state index in [2.05, 4.69) is 34.2 Å². The molecule has 0 aliphatic carbocycles. The summed E-state index contributed by atoms with van der Waals surface area (Å²) in [7, 11) is 0. The monoisotopic (exact) mass is 339 g/mol. The van der Waals surface area contributed by atoms with E-state index in [1.165, 1.54) is 0 Å². The summed E-state index contributed by atoms with van der Waals surface area (Å²) in [5, 5.41) is 2.28. The van der Waals surface area contributed by atoms with Crippen LogP contribution in [0.5, 0.6) is 0 Å². The van der Waals surface area contributed by atoms with Gasteiger partial charge >= 0.3 is 38.6 Å². The molecule has 0 spiro atoms. The molecule has 0 aliphatic rings. The van der Waals surface area contributed by atoms with Gasteiger partial charge in [0.2, 0.25) is 0 Å². The molecule has 0 fully saturated rings. The van der Waals surface area contributed by atoms with Gasteiger partial charge in [0.1, 0.15) is 0 Å². The standard InChI is InChI=1S/C12H8N2.Tb/c1-3-9-5-6-10-4-2-8-14-12(10)11(9)13-7-1;/h1-8H;/q;+3. The molecule has 2 nitrogen and oxygen atoms in total. The van der Waals surface area contributed by atoms with E-state index in [1.807, 2.05) is 12.1 Å². The van der Waals surface area contributed by atoms with Gasteiger partial charge in [-0.15, -0.1) is 0 Å². The third-order valence-electron chi connectivity index (χ3n) is 2.34. The van der Waals surface area contributed by atoms with Gasteiger partial charge in [-0.2, -0.15) is 0 Å². The Morgan fingerprint density at radius 3 is 1.60 bits per heavy atom. The van der Waals surface area contributed by atoms with Gasteiger partial charge in [0.15, 0.2) is 0 Å². The number of nitrogens with zero attached hydrogens (tertiary/aromatic N) is 2. The summed E-state index contributed by atoms with van der Waals surface area (Å²) in [5.41, 5.74) is 1.95. The molecule has 0 unspecified atom stereocenters. The quantitative estimate of drug-likeness (QED) is 0.589. The molecule has 0 amide bonds. The van der Waals surface area contributed by atoms with Crippen LogP contribution in [0.1, 0.15) is 0 Å². The Kier molecular flexibility index (Phi) is 3.21. The van der Waals surface area contributed by atoms with Crippen molar-refractivity contribution in [3.05, 3.63) is 48.8 Å². The molecule has 0 atom stereocenters. The van der Waals surface area contributed by atoms with Gasteiger partial charge in [-0.25, -0.2) is 0 Å². The summed E-state index contributed by atoms with van der Waals surface area (Å²) in [6.07, 6.45) is 3.60. The average Bonchev–Trinajstić information content (AvgIpc) is 2.29. The number of pyridine rings is 2. The molecule has 3 aromatic rings. The average molecular weight is 339 g/mol. The molecule has 1 aromatic carbocycles. The van der Waals surface area contributed by atoms with Crippen molar-refractivity contribution in [2.45, 2.75) is 0 Å². The fraction of sp³-hybridized carbons (Fsp3) is 0. The van der Waals surface area contributed by atoms with Crippen LogP contribution in [-0.2, 0) is 0 Å². The van der Waals surface area contributed by atoms with E-state index in [0.717, 1.165) is 21.8 Å². The van der Waals surface area contributed by atoms with E-state index >= 15 is 0 Å². The van der Waals surface area contributed by atoms with Crippen LogP contribution in [0.15, 0.2) is 48.8 Å². The maximum atomic E-state index is 4.35. The summed E-state index contributed by atoms with van der Waals surface area (Å²) in [4.78, 5) is 8.69. The fourth-order valence-corrected chi connectivity index (χ4v) is 1.68. The van der Waals surface area contributed by atoms with Crippen molar-refractivity contribution in [3.8, 4) is 0 Å². The van der Waals surface area contributed by atoms with Crippen LogP contribution in [0.3, 0.4) is 0 Å². The topological polar surface area (TPSA) is 25.8 Å². The zero-order valence-electron chi connectivity index (χ0n) is 7.85. The molecule has 2 aromatic heterocycles. The van der Waals surface area contributed by atoms with Crippen LogP contribution < -0.4 is 0 Å². The first-order chi connectivity index (χ1) is 6.95. The van der Waals surface area contributed by atoms with Crippen LogP contribution >= 0.6 is 0 Å². The predicted octanol–water partition coefficient (Wildman–Crippen LogP) is 2.78. The van der Waals surface area contributed by atoms with Gasteiger partial charge in [-0.05, 0) is 12.1 Å². The molecule has 0 saturated heterocycles. The molecule has 0 aliphatic heterocycles. The first-order valence-electron chi connectivity index (χ1n) is 4.53. The molecule has 0 bridgehead atoms. The molecule has 72 valence electrons. The second kappa shape index (κ2) is 4.45. The van der Waals surface area contributed by atoms with Crippen LogP contribution in [0.4, 0.5) is 0 Å². The SMILES string of the molecule is [Tb+3].c1cnc2c(c1)ccc1cccnc12. The Bertz CT molecular complexity index is 553. The van der Waals surface area contributed by atoms with Gasteiger partial charge in [-0.1, -0.05) is 24.3 Å². The zero-order chi connectivity index (χ0) is 9.38. The second-order valence-electron chi connectivity index (χ2n) is 3.22. The molecule has 15 heavy (non-hydrogen) atoms. The van der Waals surface area contributed by atoms with Crippen LogP contribution in [0, 0.1) is 38.6 Å². The van der Waals surface area contributed by atoms with Crippen molar-refractivity contribution in [1.82, 2.24) is 9.97 Å². The minimum absolute atomic E-state index is 0. The predicted molar refractivity (Wildman–Crippen MR) is 57.0 cm³/mol. The number of fused-ring (bicyclic) bond motifs is 3. The molecule has 3 rings (SSSR count). The number of aromatic nitrogens is 2. The van der Waals surface area contributed by atoms with Crippen LogP contribution in [0.2, 0.25) is 0 Å². The van der Waals surface area contributed by atoms with Crippen molar-refractivity contribution < 1.29 is 38.6 Å². The first kappa shape index (κ1) is 10.8. The summed E-state index contributed by atoms with van der Waals surface area (Å²) >= 11 is 0. The third-order valence-corrected chi connectivity index (χ3v) is 2.34. The van der Waals surface area contributed by atoms with Crippen molar-refractivity contribution in [2.24, 2.45) is 0 Å². The molecule has 0 saturated carbocycles. The van der Waals surface area contributed by atoms with Crippen molar-refractivity contribution in [2.75, 3.05) is 0 Å². The zero-order valence-corrected chi connectivity index (χ0v) is 9.99. The Morgan fingerprint density at radius 2 is 1.13 bits per heavy atom. The minimum Gasteiger partial charge on any atom is -0.254 e. The van der Waals surface area contributed by atoms with Gasteiger partial charge in [0.25, 0.3) is 0 Å². The van der Waals surface area contributed by atoms with Crippen molar-refractivity contribution in [3.63, 3.8) is 0 Å². The smallest absolute Gasteiger partial charge is 0.254 e. The fourth-order valence-electron chi connectivity index (χ4n) is 1.68. The summed E-state index contributed by atoms with van der Waals surface area (Å²) in [6, 6.07) is 12.1.